The molecule has 0 atom stereocenters. The molecule has 4 nitrogen and oxygen atoms in total. The molecule has 0 amide bonds. The largest absolute Gasteiger partial charge is 0.478 e. The van der Waals surface area contributed by atoms with E-state index in [0.29, 0.717) is 0 Å². The zero-order valence-electron chi connectivity index (χ0n) is 11.9. The SMILES string of the molecule is Cc1cc(/C=C/C(=O)O)cc(C)c1OCOCC1CC1. The highest BCUT2D eigenvalue weighted by Crippen LogP contribution is 2.29. The van der Waals surface area contributed by atoms with Gasteiger partial charge >= 0.3 is 5.97 Å². The van der Waals surface area contributed by atoms with Gasteiger partial charge in [0.05, 0.1) is 6.61 Å². The maximum absolute atomic E-state index is 10.5. The second kappa shape index (κ2) is 6.57. The van der Waals surface area contributed by atoms with Crippen molar-refractivity contribution in [1.29, 1.82) is 0 Å². The third kappa shape index (κ3) is 4.38. The molecule has 108 valence electrons. The Hall–Kier alpha value is -1.81. The molecule has 1 fully saturated rings. The Balaban J connectivity index is 1.96. The summed E-state index contributed by atoms with van der Waals surface area (Å²) in [4.78, 5) is 10.5. The van der Waals surface area contributed by atoms with Gasteiger partial charge in [0, 0.05) is 6.08 Å². The molecule has 0 aliphatic heterocycles. The van der Waals surface area contributed by atoms with Gasteiger partial charge in [0.1, 0.15) is 5.75 Å². The van der Waals surface area contributed by atoms with Gasteiger partial charge in [-0.1, -0.05) is 0 Å². The zero-order chi connectivity index (χ0) is 14.5. The van der Waals surface area contributed by atoms with Gasteiger partial charge in [0.15, 0.2) is 6.79 Å². The van der Waals surface area contributed by atoms with E-state index in [1.54, 1.807) is 6.08 Å². The first-order chi connectivity index (χ1) is 9.56. The van der Waals surface area contributed by atoms with E-state index in [4.69, 9.17) is 14.6 Å². The Kier molecular flexibility index (Phi) is 4.79. The summed E-state index contributed by atoms with van der Waals surface area (Å²) in [6.45, 7) is 4.93. The van der Waals surface area contributed by atoms with Crippen LogP contribution < -0.4 is 4.74 Å². The highest BCUT2D eigenvalue weighted by molar-refractivity contribution is 5.85. The normalized spacial score (nSPS) is 14.7. The molecule has 1 aliphatic rings. The minimum Gasteiger partial charge on any atom is -0.478 e. The quantitative estimate of drug-likeness (QED) is 0.472. The minimum atomic E-state index is -0.950. The van der Waals surface area contributed by atoms with Gasteiger partial charge in [-0.3, -0.25) is 0 Å². The molecule has 2 rings (SSSR count). The smallest absolute Gasteiger partial charge is 0.328 e. The molecule has 0 spiro atoms. The van der Waals surface area contributed by atoms with Crippen molar-refractivity contribution >= 4 is 12.0 Å². The Morgan fingerprint density at radius 2 is 2.00 bits per heavy atom. The topological polar surface area (TPSA) is 55.8 Å². The number of ether oxygens (including phenoxy) is 2. The average Bonchev–Trinajstić information content (AvgIpc) is 3.18. The minimum absolute atomic E-state index is 0.266. The van der Waals surface area contributed by atoms with E-state index in [1.165, 1.54) is 12.8 Å². The Bertz CT molecular complexity index is 492. The van der Waals surface area contributed by atoms with Crippen molar-refractivity contribution in [3.8, 4) is 5.75 Å². The van der Waals surface area contributed by atoms with Gasteiger partial charge in [-0.15, -0.1) is 0 Å². The first-order valence-corrected chi connectivity index (χ1v) is 6.79. The van der Waals surface area contributed by atoms with Crippen molar-refractivity contribution in [3.05, 3.63) is 34.9 Å². The fraction of sp³-hybridized carbons (Fsp3) is 0.438. The molecule has 1 N–H and O–H groups in total. The Morgan fingerprint density at radius 3 is 2.55 bits per heavy atom. The van der Waals surface area contributed by atoms with Crippen molar-refractivity contribution < 1.29 is 19.4 Å². The molecule has 1 aromatic rings. The van der Waals surface area contributed by atoms with Crippen molar-refractivity contribution in [1.82, 2.24) is 0 Å². The van der Waals surface area contributed by atoms with Crippen LogP contribution in [0, 0.1) is 19.8 Å². The second-order valence-electron chi connectivity index (χ2n) is 5.23. The number of benzene rings is 1. The summed E-state index contributed by atoms with van der Waals surface area (Å²) in [5.74, 6) is 0.590. The molecule has 0 aromatic heterocycles. The Morgan fingerprint density at radius 1 is 1.35 bits per heavy atom. The van der Waals surface area contributed by atoms with Gasteiger partial charge in [-0.05, 0) is 67.5 Å². The predicted octanol–water partition coefficient (Wildman–Crippen LogP) is 3.16. The maximum Gasteiger partial charge on any atom is 0.328 e. The van der Waals surface area contributed by atoms with E-state index in [2.05, 4.69) is 0 Å². The number of carboxylic acid groups (broad SMARTS) is 1. The summed E-state index contributed by atoms with van der Waals surface area (Å²) in [6.07, 6.45) is 5.24. The maximum atomic E-state index is 10.5. The molecule has 0 heterocycles. The lowest BCUT2D eigenvalue weighted by Crippen LogP contribution is -2.07. The number of hydrogen-bond acceptors (Lipinski definition) is 3. The average molecular weight is 276 g/mol. The van der Waals surface area contributed by atoms with Gasteiger partial charge in [-0.2, -0.15) is 0 Å². The standard InChI is InChI=1S/C16H20O4/c1-11-7-14(5-6-15(17)18)8-12(2)16(11)20-10-19-9-13-3-4-13/h5-8,13H,3-4,9-10H2,1-2H3,(H,17,18)/b6-5+. The van der Waals surface area contributed by atoms with Crippen LogP contribution in [-0.2, 0) is 9.53 Å². The first kappa shape index (κ1) is 14.6. The van der Waals surface area contributed by atoms with Crippen molar-refractivity contribution in [3.63, 3.8) is 0 Å². The third-order valence-corrected chi connectivity index (χ3v) is 3.24. The highest BCUT2D eigenvalue weighted by atomic mass is 16.7. The molecule has 1 saturated carbocycles. The second-order valence-corrected chi connectivity index (χ2v) is 5.23. The molecule has 1 aromatic carbocycles. The van der Waals surface area contributed by atoms with E-state index >= 15 is 0 Å². The summed E-state index contributed by atoms with van der Waals surface area (Å²) in [6, 6.07) is 3.81. The van der Waals surface area contributed by atoms with Crippen LogP contribution in [-0.4, -0.2) is 24.5 Å². The number of rotatable bonds is 7. The summed E-state index contributed by atoms with van der Waals surface area (Å²) in [7, 11) is 0. The lowest BCUT2D eigenvalue weighted by Gasteiger charge is -2.13. The molecule has 0 unspecified atom stereocenters. The number of aliphatic carboxylic acids is 1. The molecule has 20 heavy (non-hydrogen) atoms. The van der Waals surface area contributed by atoms with Gasteiger partial charge < -0.3 is 14.6 Å². The first-order valence-electron chi connectivity index (χ1n) is 6.79. The monoisotopic (exact) mass is 276 g/mol. The predicted molar refractivity (Wildman–Crippen MR) is 76.8 cm³/mol. The lowest BCUT2D eigenvalue weighted by molar-refractivity contribution is -0.131. The van der Waals surface area contributed by atoms with Gasteiger partial charge in [0.2, 0.25) is 0 Å². The number of carboxylic acids is 1. The van der Waals surface area contributed by atoms with Crippen LogP contribution in [0.5, 0.6) is 5.75 Å². The Labute approximate surface area is 119 Å². The number of hydrogen-bond donors (Lipinski definition) is 1. The summed E-state index contributed by atoms with van der Waals surface area (Å²) < 4.78 is 11.1. The summed E-state index contributed by atoms with van der Waals surface area (Å²) in [5, 5.41) is 8.63. The fourth-order valence-electron chi connectivity index (χ4n) is 2.08. The fourth-order valence-corrected chi connectivity index (χ4v) is 2.08. The van der Waals surface area contributed by atoms with Crippen molar-refractivity contribution in [2.75, 3.05) is 13.4 Å². The molecule has 4 heteroatoms. The van der Waals surface area contributed by atoms with Gasteiger partial charge in [0.25, 0.3) is 0 Å². The molecule has 0 saturated heterocycles. The van der Waals surface area contributed by atoms with E-state index in [0.717, 1.165) is 41.0 Å². The van der Waals surface area contributed by atoms with E-state index < -0.39 is 5.97 Å². The van der Waals surface area contributed by atoms with Gasteiger partial charge in [-0.25, -0.2) is 4.79 Å². The molecule has 0 radical (unpaired) electrons. The van der Waals surface area contributed by atoms with E-state index in [-0.39, 0.29) is 6.79 Å². The van der Waals surface area contributed by atoms with E-state index in [1.807, 2.05) is 26.0 Å². The van der Waals surface area contributed by atoms with Crippen molar-refractivity contribution in [2.45, 2.75) is 26.7 Å². The van der Waals surface area contributed by atoms with Crippen LogP contribution in [0.1, 0.15) is 29.5 Å². The zero-order valence-corrected chi connectivity index (χ0v) is 11.9. The summed E-state index contributed by atoms with van der Waals surface area (Å²) >= 11 is 0. The third-order valence-electron chi connectivity index (χ3n) is 3.24. The van der Waals surface area contributed by atoms with Crippen LogP contribution in [0.3, 0.4) is 0 Å². The van der Waals surface area contributed by atoms with Crippen LogP contribution in [0.25, 0.3) is 6.08 Å². The summed E-state index contributed by atoms with van der Waals surface area (Å²) in [5.41, 5.74) is 2.81. The molecule has 0 bridgehead atoms. The number of aryl methyl sites for hydroxylation is 2. The van der Waals surface area contributed by atoms with Crippen LogP contribution >= 0.6 is 0 Å². The molecular formula is C16H20O4. The van der Waals surface area contributed by atoms with Crippen LogP contribution in [0.15, 0.2) is 18.2 Å². The molecule has 1 aliphatic carbocycles. The van der Waals surface area contributed by atoms with Crippen LogP contribution in [0.2, 0.25) is 0 Å². The van der Waals surface area contributed by atoms with Crippen LogP contribution in [0.4, 0.5) is 0 Å². The number of carbonyl (C=O) groups is 1. The lowest BCUT2D eigenvalue weighted by atomic mass is 10.1. The van der Waals surface area contributed by atoms with E-state index in [9.17, 15) is 4.79 Å². The molecular weight excluding hydrogens is 256 g/mol. The van der Waals surface area contributed by atoms with Crippen molar-refractivity contribution in [2.24, 2.45) is 5.92 Å². The highest BCUT2D eigenvalue weighted by Gasteiger charge is 2.21.